The van der Waals surface area contributed by atoms with Crippen molar-refractivity contribution in [1.29, 1.82) is 0 Å². The Balaban J connectivity index is 1.30. The molecule has 2 amide bonds. The number of thiazole rings is 1. The SMILES string of the molecule is O=C(Nc1nc(-c2ccc3c(c2)OCCO3)cs1)C1=NN([C@H]2CCS(=O)(=O)C2)C(=O)CC1. The third-order valence-corrected chi connectivity index (χ3v) is 7.95. The van der Waals surface area contributed by atoms with E-state index < -0.39 is 21.8 Å². The third-order valence-electron chi connectivity index (χ3n) is 5.44. The highest BCUT2D eigenvalue weighted by molar-refractivity contribution is 7.91. The minimum Gasteiger partial charge on any atom is -0.486 e. The van der Waals surface area contributed by atoms with Crippen LogP contribution in [0.1, 0.15) is 19.3 Å². The van der Waals surface area contributed by atoms with E-state index in [2.05, 4.69) is 15.4 Å². The highest BCUT2D eigenvalue weighted by Gasteiger charge is 2.37. The predicted octanol–water partition coefficient (Wildman–Crippen LogP) is 1.69. The molecule has 4 heterocycles. The Morgan fingerprint density at radius 1 is 1.19 bits per heavy atom. The summed E-state index contributed by atoms with van der Waals surface area (Å²) in [6.45, 7) is 1.01. The molecule has 1 saturated heterocycles. The molecule has 10 nitrogen and oxygen atoms in total. The maximum Gasteiger partial charge on any atom is 0.273 e. The van der Waals surface area contributed by atoms with Crippen molar-refractivity contribution >= 4 is 43.8 Å². The Hall–Kier alpha value is -2.99. The molecule has 1 aromatic heterocycles. The zero-order chi connectivity index (χ0) is 22.3. The van der Waals surface area contributed by atoms with Crippen molar-refractivity contribution in [1.82, 2.24) is 9.99 Å². The van der Waals surface area contributed by atoms with E-state index in [9.17, 15) is 18.0 Å². The molecule has 1 aromatic carbocycles. The molecule has 0 bridgehead atoms. The number of hydrogen-bond acceptors (Lipinski definition) is 9. The van der Waals surface area contributed by atoms with E-state index in [1.165, 1.54) is 16.3 Å². The molecule has 5 rings (SSSR count). The van der Waals surface area contributed by atoms with Gasteiger partial charge in [0.25, 0.3) is 5.91 Å². The minimum atomic E-state index is -3.17. The number of nitrogens with zero attached hydrogens (tertiary/aromatic N) is 3. The normalized spacial score (nSPS) is 21.9. The number of carbonyl (C=O) groups is 2. The number of aromatic nitrogens is 1. The second kappa shape index (κ2) is 8.17. The number of carbonyl (C=O) groups excluding carboxylic acids is 2. The molecular formula is C20H20N4O6S2. The predicted molar refractivity (Wildman–Crippen MR) is 118 cm³/mol. The number of benzene rings is 1. The lowest BCUT2D eigenvalue weighted by molar-refractivity contribution is -0.133. The Kier molecular flexibility index (Phi) is 5.33. The minimum absolute atomic E-state index is 0.0280. The van der Waals surface area contributed by atoms with E-state index in [4.69, 9.17) is 9.47 Å². The molecule has 12 heteroatoms. The van der Waals surface area contributed by atoms with Crippen LogP contribution >= 0.6 is 11.3 Å². The number of amides is 2. The van der Waals surface area contributed by atoms with Gasteiger partial charge in [0.2, 0.25) is 5.91 Å². The average Bonchev–Trinajstić information content (AvgIpc) is 3.39. The number of sulfone groups is 1. The lowest BCUT2D eigenvalue weighted by atomic mass is 10.1. The highest BCUT2D eigenvalue weighted by Crippen LogP contribution is 2.35. The van der Waals surface area contributed by atoms with Crippen molar-refractivity contribution in [2.45, 2.75) is 25.3 Å². The number of fused-ring (bicyclic) bond motifs is 1. The maximum absolute atomic E-state index is 12.7. The molecule has 168 valence electrons. The molecular weight excluding hydrogens is 456 g/mol. The summed E-state index contributed by atoms with van der Waals surface area (Å²) < 4.78 is 34.7. The fourth-order valence-electron chi connectivity index (χ4n) is 3.82. The van der Waals surface area contributed by atoms with Crippen LogP contribution in [-0.2, 0) is 19.4 Å². The molecule has 0 spiro atoms. The standard InChI is InChI=1S/C20H20N4O6S2/c25-18-4-2-14(23-24(18)13-5-8-32(27,28)11-13)19(26)22-20-21-15(10-31-20)12-1-3-16-17(9-12)30-7-6-29-16/h1,3,9-10,13H,2,4-8,11H2,(H,21,22,26)/t13-/m0/s1. The Bertz CT molecular complexity index is 1220. The van der Waals surface area contributed by atoms with Gasteiger partial charge in [0.15, 0.2) is 26.5 Å². The number of anilines is 1. The van der Waals surface area contributed by atoms with Gasteiger partial charge < -0.3 is 9.47 Å². The molecule has 0 aliphatic carbocycles. The summed E-state index contributed by atoms with van der Waals surface area (Å²) in [5.74, 6) is 0.531. The maximum atomic E-state index is 12.7. The van der Waals surface area contributed by atoms with Crippen LogP contribution in [-0.4, -0.2) is 66.7 Å². The Morgan fingerprint density at radius 3 is 2.78 bits per heavy atom. The summed E-state index contributed by atoms with van der Waals surface area (Å²) in [6, 6.07) is 5.03. The lowest BCUT2D eigenvalue weighted by Crippen LogP contribution is -2.42. The Morgan fingerprint density at radius 2 is 2.00 bits per heavy atom. The first-order valence-electron chi connectivity index (χ1n) is 10.1. The van der Waals surface area contributed by atoms with E-state index in [1.807, 2.05) is 23.6 Å². The fraction of sp³-hybridized carbons (Fsp3) is 0.400. The number of nitrogens with one attached hydrogen (secondary N) is 1. The summed E-state index contributed by atoms with van der Waals surface area (Å²) in [4.78, 5) is 29.4. The van der Waals surface area contributed by atoms with Gasteiger partial charge >= 0.3 is 0 Å². The quantitative estimate of drug-likeness (QED) is 0.711. The van der Waals surface area contributed by atoms with Crippen molar-refractivity contribution in [2.75, 3.05) is 30.0 Å². The zero-order valence-electron chi connectivity index (χ0n) is 16.9. The van der Waals surface area contributed by atoms with Gasteiger partial charge in [0, 0.05) is 23.8 Å². The van der Waals surface area contributed by atoms with Crippen LogP contribution < -0.4 is 14.8 Å². The first kappa shape index (κ1) is 20.9. The smallest absolute Gasteiger partial charge is 0.273 e. The summed E-state index contributed by atoms with van der Waals surface area (Å²) in [5, 5.41) is 10.3. The van der Waals surface area contributed by atoms with Crippen LogP contribution in [0.5, 0.6) is 11.5 Å². The number of rotatable bonds is 4. The first-order valence-corrected chi connectivity index (χ1v) is 12.8. The zero-order valence-corrected chi connectivity index (χ0v) is 18.6. The molecule has 32 heavy (non-hydrogen) atoms. The van der Waals surface area contributed by atoms with Crippen molar-refractivity contribution in [2.24, 2.45) is 5.10 Å². The summed E-state index contributed by atoms with van der Waals surface area (Å²) >= 11 is 1.27. The van der Waals surface area contributed by atoms with E-state index in [0.717, 1.165) is 5.56 Å². The second-order valence-electron chi connectivity index (χ2n) is 7.69. The molecule has 1 N–H and O–H groups in total. The van der Waals surface area contributed by atoms with Crippen LogP contribution in [0.3, 0.4) is 0 Å². The molecule has 0 radical (unpaired) electrons. The summed E-state index contributed by atoms with van der Waals surface area (Å²) in [5.41, 5.74) is 1.70. The van der Waals surface area contributed by atoms with Gasteiger partial charge in [-0.25, -0.2) is 18.4 Å². The van der Waals surface area contributed by atoms with Crippen molar-refractivity contribution < 1.29 is 27.5 Å². The largest absolute Gasteiger partial charge is 0.486 e. The van der Waals surface area contributed by atoms with Gasteiger partial charge in [-0.2, -0.15) is 5.10 Å². The molecule has 3 aliphatic heterocycles. The lowest BCUT2D eigenvalue weighted by Gasteiger charge is -2.27. The van der Waals surface area contributed by atoms with E-state index in [-0.39, 0.29) is 36.0 Å². The van der Waals surface area contributed by atoms with Crippen LogP contribution in [0.25, 0.3) is 11.3 Å². The molecule has 0 saturated carbocycles. The van der Waals surface area contributed by atoms with Gasteiger partial charge in [-0.05, 0) is 24.6 Å². The van der Waals surface area contributed by atoms with Crippen molar-refractivity contribution in [3.8, 4) is 22.8 Å². The molecule has 1 atom stereocenters. The third kappa shape index (κ3) is 4.19. The number of hydrazone groups is 1. The summed E-state index contributed by atoms with van der Waals surface area (Å²) in [7, 11) is -3.17. The molecule has 0 unspecified atom stereocenters. The molecule has 2 aromatic rings. The fourth-order valence-corrected chi connectivity index (χ4v) is 6.23. The van der Waals surface area contributed by atoms with Gasteiger partial charge in [0.05, 0.1) is 23.2 Å². The van der Waals surface area contributed by atoms with Gasteiger partial charge in [0.1, 0.15) is 18.9 Å². The second-order valence-corrected chi connectivity index (χ2v) is 10.8. The molecule has 1 fully saturated rings. The first-order chi connectivity index (χ1) is 15.4. The van der Waals surface area contributed by atoms with E-state index >= 15 is 0 Å². The van der Waals surface area contributed by atoms with E-state index in [1.54, 1.807) is 0 Å². The van der Waals surface area contributed by atoms with Crippen molar-refractivity contribution in [3.63, 3.8) is 0 Å². The number of ether oxygens (including phenoxy) is 2. The highest BCUT2D eigenvalue weighted by atomic mass is 32.2. The van der Waals surface area contributed by atoms with Crippen LogP contribution in [0.4, 0.5) is 5.13 Å². The topological polar surface area (TPSA) is 127 Å². The average molecular weight is 477 g/mol. The van der Waals surface area contributed by atoms with Crippen LogP contribution in [0, 0.1) is 0 Å². The van der Waals surface area contributed by atoms with Crippen molar-refractivity contribution in [3.05, 3.63) is 23.6 Å². The Labute approximate surface area is 188 Å². The monoisotopic (exact) mass is 476 g/mol. The van der Waals surface area contributed by atoms with Gasteiger partial charge in [-0.3, -0.25) is 14.9 Å². The van der Waals surface area contributed by atoms with Crippen LogP contribution in [0.15, 0.2) is 28.7 Å². The van der Waals surface area contributed by atoms with Gasteiger partial charge in [-0.15, -0.1) is 11.3 Å². The number of hydrogen-bond donors (Lipinski definition) is 1. The van der Waals surface area contributed by atoms with Crippen LogP contribution in [0.2, 0.25) is 0 Å². The molecule has 3 aliphatic rings. The van der Waals surface area contributed by atoms with E-state index in [0.29, 0.717) is 42.0 Å². The summed E-state index contributed by atoms with van der Waals surface area (Å²) in [6.07, 6.45) is 0.641. The van der Waals surface area contributed by atoms with Gasteiger partial charge in [-0.1, -0.05) is 0 Å².